The Kier molecular flexibility index (Phi) is 3.82. The monoisotopic (exact) mass is 352 g/mol. The predicted octanol–water partition coefficient (Wildman–Crippen LogP) is 4.71. The highest BCUT2D eigenvalue weighted by molar-refractivity contribution is 7.21. The molecule has 0 bridgehead atoms. The Labute approximate surface area is 139 Å². The highest BCUT2D eigenvalue weighted by Crippen LogP contribution is 2.39. The lowest BCUT2D eigenvalue weighted by molar-refractivity contribution is 0.0903. The summed E-state index contributed by atoms with van der Waals surface area (Å²) in [6.45, 7) is 1.63. The number of anilines is 1. The van der Waals surface area contributed by atoms with Crippen molar-refractivity contribution in [1.29, 1.82) is 0 Å². The minimum absolute atomic E-state index is 0.258. The van der Waals surface area contributed by atoms with Gasteiger partial charge in [-0.15, -0.1) is 11.3 Å². The number of nitrogens with zero attached hydrogens (tertiary/aromatic N) is 1. The van der Waals surface area contributed by atoms with Gasteiger partial charge in [-0.3, -0.25) is 4.79 Å². The largest absolute Gasteiger partial charge is 0.397 e. The molecule has 0 saturated heterocycles. The van der Waals surface area contributed by atoms with Crippen LogP contribution >= 0.6 is 22.9 Å². The third-order valence-corrected chi connectivity index (χ3v) is 4.72. The number of thiophene rings is 1. The third kappa shape index (κ3) is 2.80. The van der Waals surface area contributed by atoms with Crippen LogP contribution in [0.15, 0.2) is 36.4 Å². The number of carbonyl (C=O) groups is 1. The van der Waals surface area contributed by atoms with Crippen molar-refractivity contribution >= 4 is 44.6 Å². The maximum Gasteiger partial charge on any atom is 0.364 e. The minimum Gasteiger partial charge on any atom is -0.397 e. The van der Waals surface area contributed by atoms with Gasteiger partial charge in [-0.1, -0.05) is 30.3 Å². The lowest BCUT2D eigenvalue weighted by Gasteiger charge is -2.08. The zero-order valence-corrected chi connectivity index (χ0v) is 13.5. The average Bonchev–Trinajstić information content (AvgIpc) is 2.84. The molecule has 0 fully saturated rings. The van der Waals surface area contributed by atoms with Gasteiger partial charge >= 0.3 is 5.38 Å². The van der Waals surface area contributed by atoms with Gasteiger partial charge in [0.15, 0.2) is 0 Å². The summed E-state index contributed by atoms with van der Waals surface area (Å²) in [5.74, 6) is -0.260. The molecule has 0 aliphatic rings. The first kappa shape index (κ1) is 15.8. The second-order valence-corrected chi connectivity index (χ2v) is 6.52. The van der Waals surface area contributed by atoms with E-state index < -0.39 is 11.1 Å². The van der Waals surface area contributed by atoms with Crippen LogP contribution in [-0.4, -0.2) is 10.8 Å². The molecular weight excluding hydrogens is 342 g/mol. The molecule has 0 aliphatic heterocycles. The first-order valence-corrected chi connectivity index (χ1v) is 7.85. The number of carbonyl (C=O) groups excluding carboxylic acids is 1. The number of fused-ring (bicyclic) bond motifs is 1. The number of aromatic nitrogens is 1. The van der Waals surface area contributed by atoms with E-state index in [-0.39, 0.29) is 21.2 Å². The zero-order valence-electron chi connectivity index (χ0n) is 11.9. The van der Waals surface area contributed by atoms with E-state index in [1.807, 2.05) is 0 Å². The Hall–Kier alpha value is -2.05. The van der Waals surface area contributed by atoms with Crippen molar-refractivity contribution < 1.29 is 13.6 Å². The summed E-state index contributed by atoms with van der Waals surface area (Å²) < 4.78 is 26.6. The Bertz CT molecular complexity index is 904. The second-order valence-electron chi connectivity index (χ2n) is 5.04. The van der Waals surface area contributed by atoms with E-state index in [1.165, 1.54) is 6.07 Å². The molecule has 1 aromatic carbocycles. The van der Waals surface area contributed by atoms with Crippen molar-refractivity contribution in [2.24, 2.45) is 0 Å². The molecule has 2 heterocycles. The van der Waals surface area contributed by atoms with E-state index in [0.717, 1.165) is 11.3 Å². The Morgan fingerprint density at radius 3 is 2.57 bits per heavy atom. The van der Waals surface area contributed by atoms with Crippen LogP contribution in [-0.2, 0) is 5.38 Å². The Balaban J connectivity index is 2.19. The lowest BCUT2D eigenvalue weighted by atomic mass is 10.1. The number of nitrogens with two attached hydrogens (primary N) is 1. The molecule has 118 valence electrons. The van der Waals surface area contributed by atoms with E-state index in [0.29, 0.717) is 16.5 Å². The van der Waals surface area contributed by atoms with Crippen LogP contribution in [0.25, 0.3) is 10.2 Å². The third-order valence-electron chi connectivity index (χ3n) is 3.43. The number of aryl methyl sites for hydroxylation is 1. The molecule has 0 radical (unpaired) electrons. The van der Waals surface area contributed by atoms with Crippen molar-refractivity contribution in [1.82, 2.24) is 4.98 Å². The molecule has 3 nitrogen and oxygen atoms in total. The van der Waals surface area contributed by atoms with Crippen LogP contribution in [0.1, 0.15) is 26.5 Å². The normalized spacial score (nSPS) is 11.8. The van der Waals surface area contributed by atoms with E-state index in [2.05, 4.69) is 4.98 Å². The first-order chi connectivity index (χ1) is 10.8. The fourth-order valence-corrected chi connectivity index (χ4v) is 3.57. The molecule has 0 atom stereocenters. The van der Waals surface area contributed by atoms with Crippen molar-refractivity contribution in [2.45, 2.75) is 12.3 Å². The molecule has 0 amide bonds. The molecule has 23 heavy (non-hydrogen) atoms. The number of pyridine rings is 1. The van der Waals surface area contributed by atoms with Gasteiger partial charge in [0.05, 0.1) is 5.69 Å². The summed E-state index contributed by atoms with van der Waals surface area (Å²) >= 11 is 6.04. The van der Waals surface area contributed by atoms with Crippen molar-refractivity contribution in [3.05, 3.63) is 58.1 Å². The minimum atomic E-state index is -3.57. The smallest absolute Gasteiger partial charge is 0.364 e. The molecule has 0 unspecified atom stereocenters. The molecule has 3 rings (SSSR count). The number of ketones is 1. The highest BCUT2D eigenvalue weighted by atomic mass is 35.5. The van der Waals surface area contributed by atoms with Crippen LogP contribution in [0.5, 0.6) is 0 Å². The zero-order chi connectivity index (χ0) is 16.8. The molecule has 2 N–H and O–H groups in total. The number of nitrogen functional groups attached to an aromatic ring is 1. The number of hydrogen-bond acceptors (Lipinski definition) is 4. The topological polar surface area (TPSA) is 56.0 Å². The molecule has 7 heteroatoms. The number of halogens is 3. The fourth-order valence-electron chi connectivity index (χ4n) is 2.34. The molecule has 0 saturated carbocycles. The maximum atomic E-state index is 13.3. The standard InChI is InChI=1S/C16H11ClF2N2OS/c1-8-7-10(16(17,18)19)21-15-11(8)12(20)14(23-15)13(22)9-5-3-2-4-6-9/h2-7H,20H2,1H3. The van der Waals surface area contributed by atoms with Gasteiger partial charge in [0.2, 0.25) is 5.78 Å². The Morgan fingerprint density at radius 2 is 1.96 bits per heavy atom. The summed E-state index contributed by atoms with van der Waals surface area (Å²) in [7, 11) is 0. The van der Waals surface area contributed by atoms with Gasteiger partial charge in [-0.2, -0.15) is 8.78 Å². The number of hydrogen-bond donors (Lipinski definition) is 1. The number of alkyl halides is 3. The second kappa shape index (κ2) is 5.54. The molecule has 0 aliphatic carbocycles. The van der Waals surface area contributed by atoms with Crippen molar-refractivity contribution in [3.8, 4) is 0 Å². The van der Waals surface area contributed by atoms with Gasteiger partial charge in [0, 0.05) is 10.9 Å². The van der Waals surface area contributed by atoms with Gasteiger partial charge in [0.25, 0.3) is 0 Å². The van der Waals surface area contributed by atoms with Crippen LogP contribution in [0.4, 0.5) is 14.5 Å². The number of benzene rings is 1. The summed E-state index contributed by atoms with van der Waals surface area (Å²) in [4.78, 5) is 17.0. The number of rotatable bonds is 3. The molecule has 2 aromatic heterocycles. The van der Waals surface area contributed by atoms with E-state index in [9.17, 15) is 13.6 Å². The van der Waals surface area contributed by atoms with Crippen LogP contribution < -0.4 is 5.73 Å². The van der Waals surface area contributed by atoms with Crippen molar-refractivity contribution in [2.75, 3.05) is 5.73 Å². The average molecular weight is 353 g/mol. The van der Waals surface area contributed by atoms with E-state index in [1.54, 1.807) is 37.3 Å². The van der Waals surface area contributed by atoms with E-state index in [4.69, 9.17) is 17.3 Å². The van der Waals surface area contributed by atoms with Gasteiger partial charge in [-0.25, -0.2) is 4.98 Å². The summed E-state index contributed by atoms with van der Waals surface area (Å²) in [6.07, 6.45) is 0. The van der Waals surface area contributed by atoms with Crippen LogP contribution in [0.2, 0.25) is 0 Å². The Morgan fingerprint density at radius 1 is 1.30 bits per heavy atom. The van der Waals surface area contributed by atoms with E-state index >= 15 is 0 Å². The first-order valence-electron chi connectivity index (χ1n) is 6.65. The maximum absolute atomic E-state index is 13.3. The van der Waals surface area contributed by atoms with Crippen LogP contribution in [0.3, 0.4) is 0 Å². The van der Waals surface area contributed by atoms with Gasteiger partial charge in [-0.05, 0) is 30.2 Å². The summed E-state index contributed by atoms with van der Waals surface area (Å²) in [5, 5.41) is -3.06. The summed E-state index contributed by atoms with van der Waals surface area (Å²) in [5.41, 5.74) is 6.76. The quantitative estimate of drug-likeness (QED) is 0.548. The molecule has 3 aromatic rings. The van der Waals surface area contributed by atoms with Gasteiger partial charge < -0.3 is 5.73 Å². The molecule has 0 spiro atoms. The van der Waals surface area contributed by atoms with Crippen LogP contribution in [0, 0.1) is 6.92 Å². The summed E-state index contributed by atoms with van der Waals surface area (Å²) in [6, 6.07) is 9.81. The molecular formula is C16H11ClF2N2OS. The lowest BCUT2D eigenvalue weighted by Crippen LogP contribution is -2.06. The predicted molar refractivity (Wildman–Crippen MR) is 88.4 cm³/mol. The highest BCUT2D eigenvalue weighted by Gasteiger charge is 2.31. The SMILES string of the molecule is Cc1cc(C(F)(F)Cl)nc2sc(C(=O)c3ccccc3)c(N)c12. The van der Waals surface area contributed by atoms with Crippen molar-refractivity contribution in [3.63, 3.8) is 0 Å². The fraction of sp³-hybridized carbons (Fsp3) is 0.125. The van der Waals surface area contributed by atoms with Gasteiger partial charge in [0.1, 0.15) is 15.4 Å².